The Bertz CT molecular complexity index is 271. The lowest BCUT2D eigenvalue weighted by Crippen LogP contribution is -2.26. The van der Waals surface area contributed by atoms with E-state index in [1.54, 1.807) is 0 Å². The summed E-state index contributed by atoms with van der Waals surface area (Å²) in [5.41, 5.74) is -0.303. The van der Waals surface area contributed by atoms with Gasteiger partial charge in [-0.2, -0.15) is 0 Å². The lowest BCUT2D eigenvalue weighted by molar-refractivity contribution is -0.143. The molecule has 3 atom stereocenters. The van der Waals surface area contributed by atoms with Gasteiger partial charge in [0.1, 0.15) is 5.78 Å². The summed E-state index contributed by atoms with van der Waals surface area (Å²) in [7, 11) is 0. The molecule has 0 aromatic heterocycles. The predicted octanol–water partition coefficient (Wildman–Crippen LogP) is 1.47. The van der Waals surface area contributed by atoms with Gasteiger partial charge in [-0.25, -0.2) is 0 Å². The Morgan fingerprint density at radius 3 is 2.92 bits per heavy atom. The van der Waals surface area contributed by atoms with Crippen LogP contribution in [0.5, 0.6) is 0 Å². The van der Waals surface area contributed by atoms with Crippen molar-refractivity contribution in [3.8, 4) is 0 Å². The van der Waals surface area contributed by atoms with Gasteiger partial charge in [0.2, 0.25) is 0 Å². The van der Waals surface area contributed by atoms with Crippen LogP contribution < -0.4 is 0 Å². The number of ketones is 1. The third kappa shape index (κ3) is 1.02. The van der Waals surface area contributed by atoms with E-state index in [1.807, 2.05) is 6.92 Å². The highest BCUT2D eigenvalue weighted by molar-refractivity contribution is 5.92. The smallest absolute Gasteiger partial charge is 0.307 e. The Labute approximate surface area is 77.1 Å². The first-order valence-electron chi connectivity index (χ1n) is 4.82. The number of hydrogen-bond donors (Lipinski definition) is 1. The van der Waals surface area contributed by atoms with E-state index < -0.39 is 11.9 Å². The van der Waals surface area contributed by atoms with Gasteiger partial charge in [0.05, 0.1) is 5.92 Å². The minimum absolute atomic E-state index is 0.109. The number of carbonyl (C=O) groups excluding carboxylic acids is 1. The summed E-state index contributed by atoms with van der Waals surface area (Å²) in [5, 5.41) is 8.94. The van der Waals surface area contributed by atoms with Crippen LogP contribution in [0.4, 0.5) is 0 Å². The summed E-state index contributed by atoms with van der Waals surface area (Å²) in [6.07, 6.45) is 3.08. The van der Waals surface area contributed by atoms with Gasteiger partial charge in [0.25, 0.3) is 0 Å². The SMILES string of the molecule is CC12CCCC1C(C(=O)O)CC2=O. The molecule has 2 aliphatic rings. The van der Waals surface area contributed by atoms with Crippen molar-refractivity contribution < 1.29 is 14.7 Å². The molecule has 2 saturated carbocycles. The minimum Gasteiger partial charge on any atom is -0.481 e. The van der Waals surface area contributed by atoms with Gasteiger partial charge >= 0.3 is 5.97 Å². The van der Waals surface area contributed by atoms with Crippen LogP contribution in [0.2, 0.25) is 0 Å². The Hall–Kier alpha value is -0.860. The molecule has 2 fully saturated rings. The molecule has 0 aromatic carbocycles. The first kappa shape index (κ1) is 8.73. The molecule has 0 aliphatic heterocycles. The number of carboxylic acid groups (broad SMARTS) is 1. The summed E-state index contributed by atoms with van der Waals surface area (Å²) in [5.74, 6) is -0.913. The molecule has 3 heteroatoms. The third-order valence-electron chi connectivity index (χ3n) is 3.87. The molecular weight excluding hydrogens is 168 g/mol. The maximum atomic E-state index is 11.6. The molecule has 13 heavy (non-hydrogen) atoms. The Kier molecular flexibility index (Phi) is 1.72. The van der Waals surface area contributed by atoms with E-state index in [1.165, 1.54) is 0 Å². The second-order valence-electron chi connectivity index (χ2n) is 4.49. The minimum atomic E-state index is -0.788. The molecule has 3 unspecified atom stereocenters. The van der Waals surface area contributed by atoms with E-state index >= 15 is 0 Å². The Morgan fingerprint density at radius 2 is 2.31 bits per heavy atom. The molecule has 0 heterocycles. The number of rotatable bonds is 1. The predicted molar refractivity (Wildman–Crippen MR) is 46.2 cm³/mol. The van der Waals surface area contributed by atoms with Crippen molar-refractivity contribution >= 4 is 11.8 Å². The van der Waals surface area contributed by atoms with Crippen molar-refractivity contribution in [3.63, 3.8) is 0 Å². The van der Waals surface area contributed by atoms with Gasteiger partial charge in [-0.05, 0) is 18.8 Å². The monoisotopic (exact) mass is 182 g/mol. The van der Waals surface area contributed by atoms with E-state index in [9.17, 15) is 9.59 Å². The fourth-order valence-electron chi connectivity index (χ4n) is 3.02. The largest absolute Gasteiger partial charge is 0.481 e. The Morgan fingerprint density at radius 1 is 1.62 bits per heavy atom. The second kappa shape index (κ2) is 2.56. The number of aliphatic carboxylic acids is 1. The summed E-state index contributed by atoms with van der Waals surface area (Å²) in [6, 6.07) is 0. The van der Waals surface area contributed by atoms with Gasteiger partial charge < -0.3 is 5.11 Å². The van der Waals surface area contributed by atoms with E-state index in [2.05, 4.69) is 0 Å². The lowest BCUT2D eigenvalue weighted by Gasteiger charge is -2.22. The topological polar surface area (TPSA) is 54.4 Å². The average Bonchev–Trinajstić information content (AvgIpc) is 2.51. The zero-order chi connectivity index (χ0) is 9.64. The fourth-order valence-corrected chi connectivity index (χ4v) is 3.02. The van der Waals surface area contributed by atoms with Gasteiger partial charge in [-0.3, -0.25) is 9.59 Å². The van der Waals surface area contributed by atoms with Gasteiger partial charge in [0, 0.05) is 11.8 Å². The molecule has 2 aliphatic carbocycles. The molecule has 0 bridgehead atoms. The van der Waals surface area contributed by atoms with Crippen molar-refractivity contribution in [1.29, 1.82) is 0 Å². The van der Waals surface area contributed by atoms with Gasteiger partial charge in [-0.15, -0.1) is 0 Å². The van der Waals surface area contributed by atoms with E-state index in [4.69, 9.17) is 5.11 Å². The summed E-state index contributed by atoms with van der Waals surface area (Å²) in [4.78, 5) is 22.5. The Balaban J connectivity index is 2.31. The quantitative estimate of drug-likeness (QED) is 0.668. The van der Waals surface area contributed by atoms with Crippen molar-refractivity contribution in [3.05, 3.63) is 0 Å². The molecule has 0 saturated heterocycles. The van der Waals surface area contributed by atoms with Crippen molar-refractivity contribution in [2.45, 2.75) is 32.6 Å². The first-order chi connectivity index (χ1) is 6.05. The molecule has 0 amide bonds. The van der Waals surface area contributed by atoms with Crippen LogP contribution in [0.15, 0.2) is 0 Å². The van der Waals surface area contributed by atoms with Crippen LogP contribution in [-0.4, -0.2) is 16.9 Å². The van der Waals surface area contributed by atoms with Crippen LogP contribution >= 0.6 is 0 Å². The maximum Gasteiger partial charge on any atom is 0.307 e. The number of Topliss-reactive ketones (excluding diaryl/α,β-unsaturated/α-hetero) is 1. The molecule has 0 aromatic rings. The number of carbonyl (C=O) groups is 2. The van der Waals surface area contributed by atoms with Crippen LogP contribution in [0.3, 0.4) is 0 Å². The standard InChI is InChI=1S/C10H14O3/c1-10-4-2-3-7(10)6(9(12)13)5-8(10)11/h6-7H,2-5H2,1H3,(H,12,13). The summed E-state index contributed by atoms with van der Waals surface area (Å²) < 4.78 is 0. The van der Waals surface area contributed by atoms with Crippen molar-refractivity contribution in [2.75, 3.05) is 0 Å². The highest BCUT2D eigenvalue weighted by Gasteiger charge is 2.55. The molecule has 1 N–H and O–H groups in total. The van der Waals surface area contributed by atoms with Crippen LogP contribution in [0.25, 0.3) is 0 Å². The maximum absolute atomic E-state index is 11.6. The average molecular weight is 182 g/mol. The van der Waals surface area contributed by atoms with Crippen molar-refractivity contribution in [1.82, 2.24) is 0 Å². The molecular formula is C10H14O3. The number of hydrogen-bond acceptors (Lipinski definition) is 2. The first-order valence-corrected chi connectivity index (χ1v) is 4.82. The summed E-state index contributed by atoms with van der Waals surface area (Å²) >= 11 is 0. The zero-order valence-corrected chi connectivity index (χ0v) is 7.75. The number of carboxylic acids is 1. The van der Waals surface area contributed by atoms with Crippen molar-refractivity contribution in [2.24, 2.45) is 17.3 Å². The fraction of sp³-hybridized carbons (Fsp3) is 0.800. The van der Waals surface area contributed by atoms with E-state index in [0.29, 0.717) is 0 Å². The molecule has 2 rings (SSSR count). The number of fused-ring (bicyclic) bond motifs is 1. The lowest BCUT2D eigenvalue weighted by atomic mass is 9.79. The molecule has 0 spiro atoms. The van der Waals surface area contributed by atoms with Crippen LogP contribution in [0.1, 0.15) is 32.6 Å². The molecule has 72 valence electrons. The van der Waals surface area contributed by atoms with Crippen LogP contribution in [0, 0.1) is 17.3 Å². The zero-order valence-electron chi connectivity index (χ0n) is 7.75. The highest BCUT2D eigenvalue weighted by Crippen LogP contribution is 2.54. The second-order valence-corrected chi connectivity index (χ2v) is 4.49. The molecule has 3 nitrogen and oxygen atoms in total. The molecule has 0 radical (unpaired) electrons. The summed E-state index contributed by atoms with van der Waals surface area (Å²) in [6.45, 7) is 1.94. The highest BCUT2D eigenvalue weighted by atomic mass is 16.4. The van der Waals surface area contributed by atoms with Crippen LogP contribution in [-0.2, 0) is 9.59 Å². The van der Waals surface area contributed by atoms with E-state index in [0.717, 1.165) is 19.3 Å². The van der Waals surface area contributed by atoms with Gasteiger partial charge in [-0.1, -0.05) is 13.3 Å². The van der Waals surface area contributed by atoms with Gasteiger partial charge in [0.15, 0.2) is 0 Å². The van der Waals surface area contributed by atoms with E-state index in [-0.39, 0.29) is 23.5 Å². The third-order valence-corrected chi connectivity index (χ3v) is 3.87. The normalized spacial score (nSPS) is 43.6.